The number of ether oxygens (including phenoxy) is 3. The van der Waals surface area contributed by atoms with Crippen molar-refractivity contribution in [1.82, 2.24) is 0 Å². The second-order valence-electron chi connectivity index (χ2n) is 5.38. The van der Waals surface area contributed by atoms with Gasteiger partial charge in [0.25, 0.3) is 0 Å². The van der Waals surface area contributed by atoms with E-state index >= 15 is 0 Å². The summed E-state index contributed by atoms with van der Waals surface area (Å²) in [6, 6.07) is 11.1. The SMILES string of the molecule is CS(=O)(=O)Cc1ccccc1OCc1cccc2c1OC(F)(F)O2. The second-order valence-corrected chi connectivity index (χ2v) is 7.52. The Balaban J connectivity index is 1.80. The molecule has 0 amide bonds. The van der Waals surface area contributed by atoms with Crippen molar-refractivity contribution in [3.05, 3.63) is 53.6 Å². The van der Waals surface area contributed by atoms with Crippen LogP contribution in [0.5, 0.6) is 17.2 Å². The number of hydrogen-bond acceptors (Lipinski definition) is 5. The van der Waals surface area contributed by atoms with E-state index in [1.165, 1.54) is 6.07 Å². The fourth-order valence-electron chi connectivity index (χ4n) is 2.34. The van der Waals surface area contributed by atoms with Crippen molar-refractivity contribution in [3.8, 4) is 17.2 Å². The summed E-state index contributed by atoms with van der Waals surface area (Å²) in [6.07, 6.45) is -2.58. The van der Waals surface area contributed by atoms with Gasteiger partial charge in [-0.25, -0.2) is 8.42 Å². The molecule has 0 fully saturated rings. The molecule has 5 nitrogen and oxygen atoms in total. The highest BCUT2D eigenvalue weighted by molar-refractivity contribution is 7.89. The van der Waals surface area contributed by atoms with Crippen molar-refractivity contribution in [2.45, 2.75) is 18.7 Å². The molecule has 0 aromatic heterocycles. The third-order valence-corrected chi connectivity index (χ3v) is 4.12. The summed E-state index contributed by atoms with van der Waals surface area (Å²) >= 11 is 0. The summed E-state index contributed by atoms with van der Waals surface area (Å²) in [5.74, 6) is 0.0492. The molecule has 0 unspecified atom stereocenters. The van der Waals surface area contributed by atoms with Gasteiger partial charge in [0.15, 0.2) is 21.3 Å². The third kappa shape index (κ3) is 3.76. The molecular weight excluding hydrogens is 342 g/mol. The lowest BCUT2D eigenvalue weighted by Gasteiger charge is -2.12. The van der Waals surface area contributed by atoms with Crippen molar-refractivity contribution in [2.24, 2.45) is 0 Å². The van der Waals surface area contributed by atoms with Crippen molar-refractivity contribution < 1.29 is 31.4 Å². The molecular formula is C16H14F2O5S. The summed E-state index contributed by atoms with van der Waals surface area (Å²) in [5, 5.41) is 0. The van der Waals surface area contributed by atoms with Gasteiger partial charge in [-0.1, -0.05) is 30.3 Å². The number of halogens is 2. The van der Waals surface area contributed by atoms with Gasteiger partial charge in [0, 0.05) is 17.4 Å². The monoisotopic (exact) mass is 356 g/mol. The molecule has 2 aromatic rings. The summed E-state index contributed by atoms with van der Waals surface area (Å²) in [7, 11) is -3.23. The van der Waals surface area contributed by atoms with Crippen LogP contribution in [0, 0.1) is 0 Å². The average Bonchev–Trinajstić information content (AvgIpc) is 2.79. The lowest BCUT2D eigenvalue weighted by Crippen LogP contribution is -2.26. The minimum absolute atomic E-state index is 0.0643. The lowest BCUT2D eigenvalue weighted by atomic mass is 10.2. The molecule has 3 rings (SSSR count). The zero-order valence-electron chi connectivity index (χ0n) is 12.7. The molecule has 128 valence electrons. The van der Waals surface area contributed by atoms with Crippen molar-refractivity contribution in [1.29, 1.82) is 0 Å². The normalized spacial score (nSPS) is 15.3. The molecule has 24 heavy (non-hydrogen) atoms. The van der Waals surface area contributed by atoms with E-state index < -0.39 is 16.1 Å². The highest BCUT2D eigenvalue weighted by atomic mass is 32.2. The smallest absolute Gasteiger partial charge is 0.488 e. The van der Waals surface area contributed by atoms with E-state index in [0.717, 1.165) is 6.26 Å². The molecule has 0 saturated carbocycles. The number of sulfone groups is 1. The first-order valence-corrected chi connectivity index (χ1v) is 9.06. The Kier molecular flexibility index (Phi) is 4.08. The third-order valence-electron chi connectivity index (χ3n) is 3.28. The number of benzene rings is 2. The topological polar surface area (TPSA) is 61.8 Å². The zero-order valence-corrected chi connectivity index (χ0v) is 13.5. The van der Waals surface area contributed by atoms with Gasteiger partial charge in [0.1, 0.15) is 12.4 Å². The first kappa shape index (κ1) is 16.5. The standard InChI is InChI=1S/C16H14F2O5S/c1-24(19,20)10-12-5-2-3-7-13(12)21-9-11-6-4-8-14-15(11)23-16(17,18)22-14/h2-8H,9-10H2,1H3. The Hall–Kier alpha value is -2.35. The van der Waals surface area contributed by atoms with E-state index in [9.17, 15) is 17.2 Å². The van der Waals surface area contributed by atoms with Crippen LogP contribution >= 0.6 is 0 Å². The number of hydrogen-bond donors (Lipinski definition) is 0. The highest BCUT2D eigenvalue weighted by Gasteiger charge is 2.44. The van der Waals surface area contributed by atoms with Crippen LogP contribution in [-0.4, -0.2) is 21.0 Å². The van der Waals surface area contributed by atoms with Gasteiger partial charge < -0.3 is 14.2 Å². The minimum atomic E-state index is -3.70. The Labute approximate surface area is 137 Å². The largest absolute Gasteiger partial charge is 0.586 e. The fraction of sp³-hybridized carbons (Fsp3) is 0.250. The van der Waals surface area contributed by atoms with E-state index in [1.54, 1.807) is 36.4 Å². The summed E-state index contributed by atoms with van der Waals surface area (Å²) in [5.41, 5.74) is 0.869. The number of para-hydroxylation sites is 2. The number of alkyl halides is 2. The molecule has 1 aliphatic heterocycles. The summed E-state index contributed by atoms with van der Waals surface area (Å²) in [4.78, 5) is 0. The van der Waals surface area contributed by atoms with Crippen LogP contribution in [-0.2, 0) is 22.2 Å². The first-order valence-electron chi connectivity index (χ1n) is 7.00. The molecule has 0 spiro atoms. The van der Waals surface area contributed by atoms with Crippen molar-refractivity contribution >= 4 is 9.84 Å². The van der Waals surface area contributed by atoms with Crippen molar-refractivity contribution in [3.63, 3.8) is 0 Å². The van der Waals surface area contributed by atoms with Gasteiger partial charge in [-0.15, -0.1) is 8.78 Å². The predicted molar refractivity (Wildman–Crippen MR) is 82.0 cm³/mol. The molecule has 8 heteroatoms. The predicted octanol–water partition coefficient (Wildman–Crippen LogP) is 3.13. The van der Waals surface area contributed by atoms with Gasteiger partial charge in [0.2, 0.25) is 0 Å². The number of fused-ring (bicyclic) bond motifs is 1. The Morgan fingerprint density at radius 1 is 1.04 bits per heavy atom. The van der Waals surface area contributed by atoms with E-state index in [4.69, 9.17) is 4.74 Å². The fourth-order valence-corrected chi connectivity index (χ4v) is 3.14. The van der Waals surface area contributed by atoms with Crippen LogP contribution in [0.4, 0.5) is 8.78 Å². The highest BCUT2D eigenvalue weighted by Crippen LogP contribution is 2.43. The molecule has 0 N–H and O–H groups in total. The maximum Gasteiger partial charge on any atom is 0.586 e. The van der Waals surface area contributed by atoms with Crippen LogP contribution in [0.1, 0.15) is 11.1 Å². The van der Waals surface area contributed by atoms with E-state index in [1.807, 2.05) is 0 Å². The van der Waals surface area contributed by atoms with Gasteiger partial charge in [-0.2, -0.15) is 0 Å². The summed E-state index contributed by atoms with van der Waals surface area (Å²) < 4.78 is 63.8. The van der Waals surface area contributed by atoms with Gasteiger partial charge >= 0.3 is 6.29 Å². The molecule has 0 aliphatic carbocycles. The number of rotatable bonds is 5. The Morgan fingerprint density at radius 2 is 1.75 bits per heavy atom. The van der Waals surface area contributed by atoms with Crippen LogP contribution < -0.4 is 14.2 Å². The zero-order chi connectivity index (χ0) is 17.4. The second kappa shape index (κ2) is 5.94. The molecule has 2 aromatic carbocycles. The molecule has 1 heterocycles. The molecule has 0 saturated heterocycles. The van der Waals surface area contributed by atoms with Crippen LogP contribution in [0.15, 0.2) is 42.5 Å². The van der Waals surface area contributed by atoms with Crippen LogP contribution in [0.2, 0.25) is 0 Å². The molecule has 0 atom stereocenters. The molecule has 0 radical (unpaired) electrons. The maximum atomic E-state index is 13.2. The minimum Gasteiger partial charge on any atom is -0.488 e. The average molecular weight is 356 g/mol. The van der Waals surface area contributed by atoms with Gasteiger partial charge in [0.05, 0.1) is 5.75 Å². The quantitative estimate of drug-likeness (QED) is 0.824. The summed E-state index contributed by atoms with van der Waals surface area (Å²) in [6.45, 7) is -0.0661. The van der Waals surface area contributed by atoms with Crippen LogP contribution in [0.3, 0.4) is 0 Å². The first-order chi connectivity index (χ1) is 11.2. The van der Waals surface area contributed by atoms with Gasteiger partial charge in [-0.05, 0) is 12.1 Å². The molecule has 0 bridgehead atoms. The van der Waals surface area contributed by atoms with Crippen molar-refractivity contribution in [2.75, 3.05) is 6.26 Å². The Bertz CT molecular complexity index is 865. The Morgan fingerprint density at radius 3 is 2.50 bits per heavy atom. The lowest BCUT2D eigenvalue weighted by molar-refractivity contribution is -0.287. The van der Waals surface area contributed by atoms with Crippen LogP contribution in [0.25, 0.3) is 0 Å². The van der Waals surface area contributed by atoms with E-state index in [-0.39, 0.29) is 23.9 Å². The molecule has 1 aliphatic rings. The van der Waals surface area contributed by atoms with E-state index in [0.29, 0.717) is 16.9 Å². The van der Waals surface area contributed by atoms with E-state index in [2.05, 4.69) is 9.47 Å². The maximum absolute atomic E-state index is 13.2. The van der Waals surface area contributed by atoms with Gasteiger partial charge in [-0.3, -0.25) is 0 Å².